The standard InChI is InChI=1S/C22H19BrN4O3S/c1-27-19-10-6-5-9-18(19)25-21(27)20(14-7-3-2-4-8-14)26-22(28)16-13-15(31(24,29)30)11-12-17(16)23/h2-13,20H,1H3,(H,26,28)(H2,24,29,30). The van der Waals surface area contributed by atoms with Crippen LogP contribution in [-0.2, 0) is 17.1 Å². The number of aromatic nitrogens is 2. The van der Waals surface area contributed by atoms with Gasteiger partial charge in [-0.15, -0.1) is 0 Å². The zero-order chi connectivity index (χ0) is 22.2. The van der Waals surface area contributed by atoms with Gasteiger partial charge in [-0.1, -0.05) is 42.5 Å². The number of imidazole rings is 1. The molecule has 4 rings (SSSR count). The molecule has 0 bridgehead atoms. The quantitative estimate of drug-likeness (QED) is 0.438. The lowest BCUT2D eigenvalue weighted by atomic mass is 10.1. The molecule has 0 saturated carbocycles. The Balaban J connectivity index is 1.79. The van der Waals surface area contributed by atoms with Crippen LogP contribution in [0.25, 0.3) is 11.0 Å². The van der Waals surface area contributed by atoms with Gasteiger partial charge in [-0.25, -0.2) is 18.5 Å². The van der Waals surface area contributed by atoms with Crippen LogP contribution in [-0.4, -0.2) is 23.9 Å². The lowest BCUT2D eigenvalue weighted by molar-refractivity contribution is 0.0940. The molecule has 0 spiro atoms. The molecule has 158 valence electrons. The fourth-order valence-corrected chi connectivity index (χ4v) is 4.40. The van der Waals surface area contributed by atoms with Crippen LogP contribution in [0.15, 0.2) is 82.2 Å². The third-order valence-corrected chi connectivity index (χ3v) is 6.60. The minimum atomic E-state index is -3.95. The van der Waals surface area contributed by atoms with Gasteiger partial charge < -0.3 is 9.88 Å². The van der Waals surface area contributed by atoms with Crippen molar-refractivity contribution in [1.29, 1.82) is 0 Å². The number of amides is 1. The average Bonchev–Trinajstić information content (AvgIpc) is 3.08. The molecule has 3 N–H and O–H groups in total. The molecule has 0 aliphatic heterocycles. The Labute approximate surface area is 188 Å². The molecule has 0 aliphatic rings. The molecule has 1 heterocycles. The molecular formula is C22H19BrN4O3S. The van der Waals surface area contributed by atoms with Gasteiger partial charge in [-0.2, -0.15) is 0 Å². The summed E-state index contributed by atoms with van der Waals surface area (Å²) in [6.07, 6.45) is 0. The molecule has 4 aromatic rings. The molecule has 1 amide bonds. The van der Waals surface area contributed by atoms with Gasteiger partial charge in [0.1, 0.15) is 11.9 Å². The van der Waals surface area contributed by atoms with Gasteiger partial charge in [0.25, 0.3) is 5.91 Å². The van der Waals surface area contributed by atoms with Crippen LogP contribution in [0.4, 0.5) is 0 Å². The predicted octanol–water partition coefficient (Wildman–Crippen LogP) is 3.50. The van der Waals surface area contributed by atoms with E-state index in [1.807, 2.05) is 66.2 Å². The summed E-state index contributed by atoms with van der Waals surface area (Å²) >= 11 is 3.33. The maximum Gasteiger partial charge on any atom is 0.253 e. The van der Waals surface area contributed by atoms with Gasteiger partial charge >= 0.3 is 0 Å². The number of hydrogen-bond donors (Lipinski definition) is 2. The molecule has 31 heavy (non-hydrogen) atoms. The summed E-state index contributed by atoms with van der Waals surface area (Å²) in [4.78, 5) is 17.8. The average molecular weight is 499 g/mol. The highest BCUT2D eigenvalue weighted by Crippen LogP contribution is 2.27. The van der Waals surface area contributed by atoms with Gasteiger partial charge in [0.15, 0.2) is 0 Å². The molecular weight excluding hydrogens is 480 g/mol. The van der Waals surface area contributed by atoms with Crippen LogP contribution >= 0.6 is 15.9 Å². The summed E-state index contributed by atoms with van der Waals surface area (Å²) in [6, 6.07) is 20.7. The summed E-state index contributed by atoms with van der Waals surface area (Å²) in [7, 11) is -2.06. The first kappa shape index (κ1) is 21.2. The minimum Gasteiger partial charge on any atom is -0.338 e. The highest BCUT2D eigenvalue weighted by atomic mass is 79.9. The molecule has 0 aliphatic carbocycles. The van der Waals surface area contributed by atoms with Crippen molar-refractivity contribution in [2.75, 3.05) is 0 Å². The van der Waals surface area contributed by atoms with Crippen molar-refractivity contribution >= 4 is 42.9 Å². The van der Waals surface area contributed by atoms with E-state index in [9.17, 15) is 13.2 Å². The Morgan fingerprint density at radius 2 is 1.74 bits per heavy atom. The second-order valence-corrected chi connectivity index (χ2v) is 9.44. The number of halogens is 1. The van der Waals surface area contributed by atoms with Gasteiger partial charge in [-0.05, 0) is 51.8 Å². The van der Waals surface area contributed by atoms with E-state index in [2.05, 4.69) is 21.2 Å². The van der Waals surface area contributed by atoms with Crippen LogP contribution in [0.2, 0.25) is 0 Å². The summed E-state index contributed by atoms with van der Waals surface area (Å²) < 4.78 is 25.9. The topological polar surface area (TPSA) is 107 Å². The van der Waals surface area contributed by atoms with Crippen molar-refractivity contribution in [1.82, 2.24) is 14.9 Å². The molecule has 0 saturated heterocycles. The zero-order valence-electron chi connectivity index (χ0n) is 16.5. The Hall–Kier alpha value is -3.01. The summed E-state index contributed by atoms with van der Waals surface area (Å²) in [5.41, 5.74) is 2.75. The van der Waals surface area contributed by atoms with Crippen LogP contribution in [0.1, 0.15) is 27.8 Å². The number of nitrogens with zero attached hydrogens (tertiary/aromatic N) is 2. The smallest absolute Gasteiger partial charge is 0.253 e. The number of para-hydroxylation sites is 2. The number of nitrogens with one attached hydrogen (secondary N) is 1. The maximum atomic E-state index is 13.2. The monoisotopic (exact) mass is 498 g/mol. The fourth-order valence-electron chi connectivity index (χ4n) is 3.43. The predicted molar refractivity (Wildman–Crippen MR) is 122 cm³/mol. The van der Waals surface area contributed by atoms with Crippen molar-refractivity contribution < 1.29 is 13.2 Å². The second-order valence-electron chi connectivity index (χ2n) is 7.02. The van der Waals surface area contributed by atoms with E-state index < -0.39 is 22.0 Å². The molecule has 1 aromatic heterocycles. The number of fused-ring (bicyclic) bond motifs is 1. The first-order valence-corrected chi connectivity index (χ1v) is 11.7. The van der Waals surface area contributed by atoms with Crippen LogP contribution < -0.4 is 10.5 Å². The Bertz CT molecular complexity index is 1380. The number of primary sulfonamides is 1. The second kappa shape index (κ2) is 8.26. The number of nitrogens with two attached hydrogens (primary N) is 1. The normalized spacial score (nSPS) is 12.6. The molecule has 1 unspecified atom stereocenters. The summed E-state index contributed by atoms with van der Waals surface area (Å²) in [5.74, 6) is 0.192. The maximum absolute atomic E-state index is 13.2. The first-order valence-electron chi connectivity index (χ1n) is 9.35. The lowest BCUT2D eigenvalue weighted by Crippen LogP contribution is -2.31. The number of hydrogen-bond acceptors (Lipinski definition) is 4. The van der Waals surface area contributed by atoms with Crippen molar-refractivity contribution in [3.8, 4) is 0 Å². The van der Waals surface area contributed by atoms with E-state index >= 15 is 0 Å². The largest absolute Gasteiger partial charge is 0.338 e. The van der Waals surface area contributed by atoms with Crippen molar-refractivity contribution in [2.24, 2.45) is 12.2 Å². The fraction of sp³-hybridized carbons (Fsp3) is 0.0909. The van der Waals surface area contributed by atoms with Crippen molar-refractivity contribution in [2.45, 2.75) is 10.9 Å². The Morgan fingerprint density at radius 1 is 1.06 bits per heavy atom. The minimum absolute atomic E-state index is 0.139. The highest BCUT2D eigenvalue weighted by molar-refractivity contribution is 9.10. The van der Waals surface area contributed by atoms with Gasteiger partial charge in [0.05, 0.1) is 21.5 Å². The number of aryl methyl sites for hydroxylation is 1. The molecule has 3 aromatic carbocycles. The van der Waals surface area contributed by atoms with Crippen molar-refractivity contribution in [3.63, 3.8) is 0 Å². The number of carbonyl (C=O) groups excluding carboxylic acids is 1. The molecule has 1 atom stereocenters. The lowest BCUT2D eigenvalue weighted by Gasteiger charge is -2.20. The van der Waals surface area contributed by atoms with Crippen LogP contribution in [0.5, 0.6) is 0 Å². The zero-order valence-corrected chi connectivity index (χ0v) is 18.9. The number of benzene rings is 3. The van der Waals surface area contributed by atoms with E-state index in [1.54, 1.807) is 0 Å². The van der Waals surface area contributed by atoms with E-state index in [0.29, 0.717) is 10.3 Å². The van der Waals surface area contributed by atoms with Crippen LogP contribution in [0, 0.1) is 0 Å². The molecule has 0 radical (unpaired) electrons. The molecule has 7 nitrogen and oxygen atoms in total. The number of sulfonamides is 1. The molecule has 0 fully saturated rings. The van der Waals surface area contributed by atoms with Gasteiger partial charge in [0.2, 0.25) is 10.0 Å². The Kier molecular flexibility index (Phi) is 5.65. The third-order valence-electron chi connectivity index (χ3n) is 5.00. The van der Waals surface area contributed by atoms with Crippen molar-refractivity contribution in [3.05, 3.63) is 94.2 Å². The summed E-state index contributed by atoms with van der Waals surface area (Å²) in [6.45, 7) is 0. The van der Waals surface area contributed by atoms with Crippen LogP contribution in [0.3, 0.4) is 0 Å². The van der Waals surface area contributed by atoms with Gasteiger partial charge in [-0.3, -0.25) is 4.79 Å². The number of rotatable bonds is 5. The summed E-state index contributed by atoms with van der Waals surface area (Å²) in [5, 5.41) is 8.23. The first-order chi connectivity index (χ1) is 14.8. The number of carbonyl (C=O) groups is 1. The van der Waals surface area contributed by atoms with E-state index in [-0.39, 0.29) is 10.5 Å². The third kappa shape index (κ3) is 4.25. The van der Waals surface area contributed by atoms with E-state index in [4.69, 9.17) is 10.1 Å². The molecule has 9 heteroatoms. The highest BCUT2D eigenvalue weighted by Gasteiger charge is 2.25. The SMILES string of the molecule is Cn1c(C(NC(=O)c2cc(S(N)(=O)=O)ccc2Br)c2ccccc2)nc2ccccc21. The Morgan fingerprint density at radius 3 is 2.42 bits per heavy atom. The van der Waals surface area contributed by atoms with E-state index in [1.165, 1.54) is 18.2 Å². The van der Waals surface area contributed by atoms with Gasteiger partial charge in [0, 0.05) is 11.5 Å². The van der Waals surface area contributed by atoms with E-state index in [0.717, 1.165) is 16.6 Å².